The normalized spacial score (nSPS) is 23.6. The van der Waals surface area contributed by atoms with Gasteiger partial charge in [-0.25, -0.2) is 4.79 Å². The Balaban J connectivity index is 0.954. The second kappa shape index (κ2) is 13.0. The SMILES string of the molecule is CC(=CCOC1=C[C@@]2(Oc3cc4occc4cc31)O[C@H](CCC(C)=CCOc1c3ccoc3cc3oc(=O)ccc13)C(C)(C)O2)CCC1OC1(C)C. The zero-order valence-corrected chi connectivity index (χ0v) is 30.4. The third-order valence-electron chi connectivity index (χ3n) is 10.3. The third kappa shape index (κ3) is 6.78. The molecule has 1 unspecified atom stereocenters. The van der Waals surface area contributed by atoms with Gasteiger partial charge >= 0.3 is 11.6 Å². The summed E-state index contributed by atoms with van der Waals surface area (Å²) in [6.45, 7) is 13.2. The number of epoxide rings is 1. The van der Waals surface area contributed by atoms with Gasteiger partial charge in [0.25, 0.3) is 0 Å². The molecule has 10 nitrogen and oxygen atoms in total. The molecule has 0 aliphatic carbocycles. The lowest BCUT2D eigenvalue weighted by Crippen LogP contribution is -2.40. The molecule has 3 aromatic heterocycles. The van der Waals surface area contributed by atoms with E-state index in [4.69, 9.17) is 41.7 Å². The Morgan fingerprint density at radius 1 is 0.769 bits per heavy atom. The molecule has 2 aromatic carbocycles. The van der Waals surface area contributed by atoms with Crippen LogP contribution < -0.4 is 15.1 Å². The predicted molar refractivity (Wildman–Crippen MR) is 196 cm³/mol. The summed E-state index contributed by atoms with van der Waals surface area (Å²) in [7, 11) is 0. The highest BCUT2D eigenvalue weighted by Gasteiger charge is 2.55. The number of allylic oxidation sites excluding steroid dienone is 2. The molecule has 5 aromatic rings. The van der Waals surface area contributed by atoms with E-state index in [0.29, 0.717) is 65.1 Å². The molecule has 0 N–H and O–H groups in total. The van der Waals surface area contributed by atoms with Crippen molar-refractivity contribution in [3.8, 4) is 11.5 Å². The van der Waals surface area contributed by atoms with Gasteiger partial charge in [-0.3, -0.25) is 0 Å². The lowest BCUT2D eigenvalue weighted by atomic mass is 9.96. The zero-order chi connectivity index (χ0) is 36.3. The molecular formula is C42H44O10. The first kappa shape index (κ1) is 34.3. The van der Waals surface area contributed by atoms with Crippen LogP contribution in [0, 0.1) is 0 Å². The predicted octanol–water partition coefficient (Wildman–Crippen LogP) is 9.59. The van der Waals surface area contributed by atoms with Crippen molar-refractivity contribution in [1.29, 1.82) is 0 Å². The molecule has 272 valence electrons. The van der Waals surface area contributed by atoms with Crippen LogP contribution in [0.4, 0.5) is 0 Å². The van der Waals surface area contributed by atoms with Crippen molar-refractivity contribution in [2.45, 2.75) is 96.6 Å². The van der Waals surface area contributed by atoms with Crippen molar-refractivity contribution in [2.24, 2.45) is 0 Å². The van der Waals surface area contributed by atoms with Gasteiger partial charge in [-0.2, -0.15) is 0 Å². The van der Waals surface area contributed by atoms with Gasteiger partial charge in [-0.05, 0) is 104 Å². The summed E-state index contributed by atoms with van der Waals surface area (Å²) in [6.07, 6.45) is 12.6. The molecule has 0 bridgehead atoms. The highest BCUT2D eigenvalue weighted by atomic mass is 16.9. The Kier molecular flexibility index (Phi) is 8.59. The summed E-state index contributed by atoms with van der Waals surface area (Å²) in [5.74, 6) is 0.338. The quantitative estimate of drug-likeness (QED) is 0.0705. The number of furan rings is 2. The minimum Gasteiger partial charge on any atom is -0.489 e. The van der Waals surface area contributed by atoms with Crippen LogP contribution >= 0.6 is 0 Å². The molecule has 2 fully saturated rings. The van der Waals surface area contributed by atoms with Crippen molar-refractivity contribution in [3.05, 3.63) is 100 Å². The van der Waals surface area contributed by atoms with Crippen LogP contribution in [0.5, 0.6) is 11.5 Å². The van der Waals surface area contributed by atoms with Gasteiger partial charge in [-0.15, -0.1) is 0 Å². The van der Waals surface area contributed by atoms with Crippen molar-refractivity contribution in [1.82, 2.24) is 0 Å². The van der Waals surface area contributed by atoms with E-state index in [1.54, 1.807) is 24.7 Å². The number of hydrogen-bond acceptors (Lipinski definition) is 10. The van der Waals surface area contributed by atoms with Crippen molar-refractivity contribution < 1.29 is 41.7 Å². The first-order chi connectivity index (χ1) is 24.9. The maximum Gasteiger partial charge on any atom is 0.354 e. The molecule has 1 spiro atoms. The summed E-state index contributed by atoms with van der Waals surface area (Å²) >= 11 is 0. The van der Waals surface area contributed by atoms with Gasteiger partial charge in [0.2, 0.25) is 0 Å². The first-order valence-corrected chi connectivity index (χ1v) is 17.9. The molecule has 0 amide bonds. The van der Waals surface area contributed by atoms with Crippen molar-refractivity contribution in [3.63, 3.8) is 0 Å². The molecule has 3 aliphatic heterocycles. The largest absolute Gasteiger partial charge is 0.489 e. The number of fused-ring (bicyclic) bond motifs is 4. The maximum atomic E-state index is 11.8. The van der Waals surface area contributed by atoms with Gasteiger partial charge in [0.1, 0.15) is 47.2 Å². The standard InChI is InChI=1S/C42H44O10/c1-25(7-10-36-40(3,4)50-36)13-17-46-35-24-42(49-34-22-31-27(15-19-44-31)21-30(34)35)51-37(41(5,6)52-42)11-8-26(2)14-18-47-39-28-9-12-38(43)48-33(28)23-32-29(39)16-20-45-32/h9,12-16,19-24,36-37H,7-8,10-11,17-18H2,1-6H3/t36?,37-,42-/m1/s1. The first-order valence-electron chi connectivity index (χ1n) is 17.9. The van der Waals surface area contributed by atoms with Gasteiger partial charge in [0.15, 0.2) is 0 Å². The van der Waals surface area contributed by atoms with E-state index in [1.165, 1.54) is 11.6 Å². The molecular weight excluding hydrogens is 664 g/mol. The Bertz CT molecular complexity index is 2300. The van der Waals surface area contributed by atoms with E-state index >= 15 is 0 Å². The van der Waals surface area contributed by atoms with Gasteiger partial charge in [0.05, 0.1) is 58.3 Å². The topological polar surface area (TPSA) is 115 Å². The smallest absolute Gasteiger partial charge is 0.354 e. The lowest BCUT2D eigenvalue weighted by Gasteiger charge is -2.32. The molecule has 0 radical (unpaired) electrons. The fraction of sp³-hybridized carbons (Fsp3) is 0.405. The van der Waals surface area contributed by atoms with Crippen LogP contribution in [0.25, 0.3) is 38.7 Å². The fourth-order valence-corrected chi connectivity index (χ4v) is 7.09. The van der Waals surface area contributed by atoms with Crippen LogP contribution in [0.1, 0.15) is 72.8 Å². The van der Waals surface area contributed by atoms with Crippen LogP contribution in [0.15, 0.2) is 102 Å². The highest BCUT2D eigenvalue weighted by molar-refractivity contribution is 6.01. The van der Waals surface area contributed by atoms with E-state index in [-0.39, 0.29) is 11.7 Å². The minimum absolute atomic E-state index is 0.00876. The molecule has 3 aliphatic rings. The Labute approximate surface area is 301 Å². The Morgan fingerprint density at radius 2 is 1.44 bits per heavy atom. The number of rotatable bonds is 12. The van der Waals surface area contributed by atoms with E-state index in [0.717, 1.165) is 41.2 Å². The van der Waals surface area contributed by atoms with Gasteiger partial charge in [-0.1, -0.05) is 11.1 Å². The van der Waals surface area contributed by atoms with Crippen LogP contribution in [-0.2, 0) is 18.9 Å². The average molecular weight is 709 g/mol. The minimum atomic E-state index is -1.47. The molecule has 52 heavy (non-hydrogen) atoms. The second-order valence-electron chi connectivity index (χ2n) is 15.0. The molecule has 3 atom stereocenters. The molecule has 8 rings (SSSR count). The molecule has 10 heteroatoms. The van der Waals surface area contributed by atoms with Crippen molar-refractivity contribution >= 4 is 38.7 Å². The lowest BCUT2D eigenvalue weighted by molar-refractivity contribution is -0.271. The second-order valence-corrected chi connectivity index (χ2v) is 15.0. The fourth-order valence-electron chi connectivity index (χ4n) is 7.09. The van der Waals surface area contributed by atoms with Crippen molar-refractivity contribution in [2.75, 3.05) is 13.2 Å². The van der Waals surface area contributed by atoms with Gasteiger partial charge in [0, 0.05) is 23.6 Å². The maximum absolute atomic E-state index is 11.8. The highest BCUT2D eigenvalue weighted by Crippen LogP contribution is 2.48. The van der Waals surface area contributed by atoms with E-state index < -0.39 is 17.2 Å². The summed E-state index contributed by atoms with van der Waals surface area (Å²) in [6, 6.07) is 12.5. The number of benzene rings is 2. The Morgan fingerprint density at radius 3 is 2.19 bits per heavy atom. The van der Waals surface area contributed by atoms with Crippen LogP contribution in [0.2, 0.25) is 0 Å². The van der Waals surface area contributed by atoms with Crippen LogP contribution in [0.3, 0.4) is 0 Å². The molecule has 0 saturated carbocycles. The number of ether oxygens (including phenoxy) is 6. The summed E-state index contributed by atoms with van der Waals surface area (Å²) in [5, 5.41) is 2.47. The molecule has 6 heterocycles. The van der Waals surface area contributed by atoms with E-state index in [9.17, 15) is 4.79 Å². The molecule has 2 saturated heterocycles. The van der Waals surface area contributed by atoms with Crippen LogP contribution in [-0.4, -0.2) is 42.6 Å². The zero-order valence-electron chi connectivity index (χ0n) is 30.4. The Hall–Kier alpha value is -4.77. The van der Waals surface area contributed by atoms with Gasteiger partial charge < -0.3 is 41.7 Å². The average Bonchev–Trinajstić information content (AvgIpc) is 3.48. The van der Waals surface area contributed by atoms with E-state index in [2.05, 4.69) is 33.8 Å². The monoisotopic (exact) mass is 708 g/mol. The number of hydrogen-bond donors (Lipinski definition) is 0. The van der Waals surface area contributed by atoms with E-state index in [1.807, 2.05) is 50.3 Å². The third-order valence-corrected chi connectivity index (χ3v) is 10.3. The summed E-state index contributed by atoms with van der Waals surface area (Å²) in [4.78, 5) is 11.8. The summed E-state index contributed by atoms with van der Waals surface area (Å²) in [5.41, 5.74) is 3.80. The summed E-state index contributed by atoms with van der Waals surface area (Å²) < 4.78 is 54.8.